The van der Waals surface area contributed by atoms with Gasteiger partial charge in [-0.2, -0.15) is 0 Å². The van der Waals surface area contributed by atoms with Crippen molar-refractivity contribution in [3.8, 4) is 0 Å². The highest BCUT2D eigenvalue weighted by molar-refractivity contribution is 5.96. The van der Waals surface area contributed by atoms with Crippen molar-refractivity contribution in [1.29, 1.82) is 0 Å². The first-order valence-electron chi connectivity index (χ1n) is 6.57. The molecule has 0 aliphatic carbocycles. The van der Waals surface area contributed by atoms with Gasteiger partial charge in [-0.1, -0.05) is 6.07 Å². The molecule has 6 heteroatoms. The smallest absolute Gasteiger partial charge is 0.321 e. The Labute approximate surface area is 117 Å². The van der Waals surface area contributed by atoms with Crippen LogP contribution < -0.4 is 15.5 Å². The van der Waals surface area contributed by atoms with Crippen LogP contribution in [0.15, 0.2) is 12.1 Å². The maximum atomic E-state index is 13.8. The van der Waals surface area contributed by atoms with E-state index in [4.69, 9.17) is 0 Å². The van der Waals surface area contributed by atoms with E-state index in [1.54, 1.807) is 6.07 Å². The molecule has 0 unspecified atom stereocenters. The van der Waals surface area contributed by atoms with Gasteiger partial charge in [0.2, 0.25) is 5.91 Å². The normalized spacial score (nSPS) is 13.7. The molecule has 0 saturated carbocycles. The Kier molecular flexibility index (Phi) is 4.22. The van der Waals surface area contributed by atoms with Gasteiger partial charge in [-0.15, -0.1) is 0 Å². The third-order valence-corrected chi connectivity index (χ3v) is 3.41. The summed E-state index contributed by atoms with van der Waals surface area (Å²) in [4.78, 5) is 24.7. The molecule has 1 aromatic carbocycles. The standard InChI is InChI=1S/C14H18FN3O2/c1-9-5-6-11(15)10-4-3-7-18(13(9)10)8-12(19)17-14(20)16-2/h5-6H,3-4,7-8H2,1-2H3,(H2,16,17,19,20). The Hall–Kier alpha value is -2.11. The van der Waals surface area contributed by atoms with Crippen LogP contribution in [0.5, 0.6) is 0 Å². The highest BCUT2D eigenvalue weighted by Crippen LogP contribution is 2.32. The van der Waals surface area contributed by atoms with Gasteiger partial charge < -0.3 is 10.2 Å². The molecule has 0 fully saturated rings. The fourth-order valence-corrected chi connectivity index (χ4v) is 2.53. The van der Waals surface area contributed by atoms with Crippen molar-refractivity contribution < 1.29 is 14.0 Å². The number of benzene rings is 1. The Morgan fingerprint density at radius 2 is 2.15 bits per heavy atom. The average Bonchev–Trinajstić information content (AvgIpc) is 2.42. The van der Waals surface area contributed by atoms with E-state index in [1.807, 2.05) is 11.8 Å². The number of halogens is 1. The molecular weight excluding hydrogens is 261 g/mol. The first kappa shape index (κ1) is 14.3. The third kappa shape index (κ3) is 2.89. The lowest BCUT2D eigenvalue weighted by atomic mass is 9.97. The number of imide groups is 1. The number of anilines is 1. The lowest BCUT2D eigenvalue weighted by Crippen LogP contribution is -2.45. The second-order valence-electron chi connectivity index (χ2n) is 4.84. The Morgan fingerprint density at radius 1 is 1.40 bits per heavy atom. The third-order valence-electron chi connectivity index (χ3n) is 3.41. The molecule has 2 N–H and O–H groups in total. The minimum Gasteiger partial charge on any atom is -0.362 e. The molecule has 5 nitrogen and oxygen atoms in total. The molecule has 0 bridgehead atoms. The lowest BCUT2D eigenvalue weighted by molar-refractivity contribution is -0.118. The van der Waals surface area contributed by atoms with E-state index in [1.165, 1.54) is 13.1 Å². The number of carbonyl (C=O) groups excluding carboxylic acids is 2. The highest BCUT2D eigenvalue weighted by atomic mass is 19.1. The fraction of sp³-hybridized carbons (Fsp3) is 0.429. The summed E-state index contributed by atoms with van der Waals surface area (Å²) in [5.74, 6) is -0.636. The number of hydrogen-bond donors (Lipinski definition) is 2. The molecule has 1 aromatic rings. The van der Waals surface area contributed by atoms with Gasteiger partial charge in [0.25, 0.3) is 0 Å². The minimum atomic E-state index is -0.539. The molecule has 108 valence electrons. The number of nitrogens with zero attached hydrogens (tertiary/aromatic N) is 1. The fourth-order valence-electron chi connectivity index (χ4n) is 2.53. The van der Waals surface area contributed by atoms with Crippen molar-refractivity contribution in [2.24, 2.45) is 0 Å². The van der Waals surface area contributed by atoms with Gasteiger partial charge in [-0.05, 0) is 31.4 Å². The van der Waals surface area contributed by atoms with Crippen molar-refractivity contribution >= 4 is 17.6 Å². The summed E-state index contributed by atoms with van der Waals surface area (Å²) >= 11 is 0. The summed E-state index contributed by atoms with van der Waals surface area (Å²) in [7, 11) is 1.44. The Balaban J connectivity index is 2.18. The van der Waals surface area contributed by atoms with Crippen molar-refractivity contribution in [3.63, 3.8) is 0 Å². The number of hydrogen-bond acceptors (Lipinski definition) is 3. The van der Waals surface area contributed by atoms with Crippen LogP contribution in [0.4, 0.5) is 14.9 Å². The van der Waals surface area contributed by atoms with Crippen LogP contribution in [0.3, 0.4) is 0 Å². The van der Waals surface area contributed by atoms with Crippen LogP contribution in [-0.4, -0.2) is 32.1 Å². The van der Waals surface area contributed by atoms with E-state index in [9.17, 15) is 14.0 Å². The first-order chi connectivity index (χ1) is 9.52. The number of carbonyl (C=O) groups is 2. The van der Waals surface area contributed by atoms with E-state index < -0.39 is 11.9 Å². The largest absolute Gasteiger partial charge is 0.362 e. The zero-order valence-electron chi connectivity index (χ0n) is 11.6. The van der Waals surface area contributed by atoms with Gasteiger partial charge >= 0.3 is 6.03 Å². The SMILES string of the molecule is CNC(=O)NC(=O)CN1CCCc2c(F)ccc(C)c21. The second kappa shape index (κ2) is 5.90. The summed E-state index contributed by atoms with van der Waals surface area (Å²) in [6.07, 6.45) is 1.47. The lowest BCUT2D eigenvalue weighted by Gasteiger charge is -2.32. The van der Waals surface area contributed by atoms with E-state index in [-0.39, 0.29) is 12.4 Å². The zero-order valence-corrected chi connectivity index (χ0v) is 11.6. The zero-order chi connectivity index (χ0) is 14.7. The Morgan fingerprint density at radius 3 is 2.85 bits per heavy atom. The molecule has 0 atom stereocenters. The van der Waals surface area contributed by atoms with E-state index in [2.05, 4.69) is 10.6 Å². The number of rotatable bonds is 2. The van der Waals surface area contributed by atoms with Gasteiger partial charge in [0, 0.05) is 24.8 Å². The van der Waals surface area contributed by atoms with Crippen molar-refractivity contribution in [2.75, 3.05) is 25.0 Å². The van der Waals surface area contributed by atoms with Crippen LogP contribution >= 0.6 is 0 Å². The summed E-state index contributed by atoms with van der Waals surface area (Å²) in [5.41, 5.74) is 2.38. The summed E-state index contributed by atoms with van der Waals surface area (Å²) < 4.78 is 13.8. The van der Waals surface area contributed by atoms with Crippen LogP contribution in [0.25, 0.3) is 0 Å². The molecule has 0 saturated heterocycles. The molecule has 20 heavy (non-hydrogen) atoms. The predicted molar refractivity (Wildman–Crippen MR) is 74.3 cm³/mol. The quantitative estimate of drug-likeness (QED) is 0.859. The molecule has 1 aliphatic heterocycles. The molecule has 0 spiro atoms. The Bertz CT molecular complexity index is 545. The molecule has 2 rings (SSSR count). The van der Waals surface area contributed by atoms with Crippen molar-refractivity contribution in [2.45, 2.75) is 19.8 Å². The highest BCUT2D eigenvalue weighted by Gasteiger charge is 2.23. The van der Waals surface area contributed by atoms with E-state index >= 15 is 0 Å². The van der Waals surface area contributed by atoms with Gasteiger partial charge in [-0.3, -0.25) is 10.1 Å². The summed E-state index contributed by atoms with van der Waals surface area (Å²) in [5, 5.41) is 4.54. The first-order valence-corrected chi connectivity index (χ1v) is 6.57. The van der Waals surface area contributed by atoms with Crippen molar-refractivity contribution in [3.05, 3.63) is 29.1 Å². The summed E-state index contributed by atoms with van der Waals surface area (Å²) in [6, 6.07) is 2.63. The molecule has 0 radical (unpaired) electrons. The average molecular weight is 279 g/mol. The van der Waals surface area contributed by atoms with Crippen LogP contribution in [0.1, 0.15) is 17.5 Å². The summed E-state index contributed by atoms with van der Waals surface area (Å²) in [6.45, 7) is 2.62. The van der Waals surface area contributed by atoms with E-state index in [0.717, 1.165) is 17.7 Å². The molecule has 1 heterocycles. The molecule has 3 amide bonds. The van der Waals surface area contributed by atoms with Crippen LogP contribution in [-0.2, 0) is 11.2 Å². The second-order valence-corrected chi connectivity index (χ2v) is 4.84. The number of urea groups is 1. The maximum Gasteiger partial charge on any atom is 0.321 e. The van der Waals surface area contributed by atoms with Crippen LogP contribution in [0.2, 0.25) is 0 Å². The molecule has 1 aliphatic rings. The monoisotopic (exact) mass is 279 g/mol. The van der Waals surface area contributed by atoms with Gasteiger partial charge in [0.15, 0.2) is 0 Å². The molecule has 0 aromatic heterocycles. The predicted octanol–water partition coefficient (Wildman–Crippen LogP) is 1.34. The number of amides is 3. The topological polar surface area (TPSA) is 61.4 Å². The molecular formula is C14H18FN3O2. The maximum absolute atomic E-state index is 13.8. The number of nitrogens with one attached hydrogen (secondary N) is 2. The van der Waals surface area contributed by atoms with Gasteiger partial charge in [0.1, 0.15) is 5.82 Å². The van der Waals surface area contributed by atoms with Gasteiger partial charge in [0.05, 0.1) is 6.54 Å². The number of fused-ring (bicyclic) bond motifs is 1. The van der Waals surface area contributed by atoms with Crippen molar-refractivity contribution in [1.82, 2.24) is 10.6 Å². The van der Waals surface area contributed by atoms with Crippen LogP contribution in [0, 0.1) is 12.7 Å². The van der Waals surface area contributed by atoms with E-state index in [0.29, 0.717) is 18.5 Å². The number of aryl methyl sites for hydroxylation is 1. The minimum absolute atomic E-state index is 0.0463. The van der Waals surface area contributed by atoms with Gasteiger partial charge in [-0.25, -0.2) is 9.18 Å².